The number of carbonyl (C=O) groups is 1. The summed E-state index contributed by atoms with van der Waals surface area (Å²) in [5.74, 6) is -0.120. The molecule has 2 aromatic rings. The zero-order chi connectivity index (χ0) is 17.0. The van der Waals surface area contributed by atoms with Crippen molar-refractivity contribution in [3.8, 4) is 5.75 Å². The van der Waals surface area contributed by atoms with Crippen LogP contribution in [-0.2, 0) is 10.0 Å². The molecule has 8 heteroatoms. The monoisotopic (exact) mass is 446 g/mol. The Morgan fingerprint density at radius 3 is 2.35 bits per heavy atom. The summed E-state index contributed by atoms with van der Waals surface area (Å²) in [4.78, 5) is 11.8. The van der Waals surface area contributed by atoms with E-state index in [4.69, 9.17) is 4.74 Å². The maximum absolute atomic E-state index is 12.5. The van der Waals surface area contributed by atoms with Crippen molar-refractivity contribution in [2.45, 2.75) is 4.90 Å². The highest BCUT2D eigenvalue weighted by Crippen LogP contribution is 2.24. The molecule has 2 aromatic carbocycles. The molecule has 0 aliphatic rings. The number of halogens is 1. The highest BCUT2D eigenvalue weighted by atomic mass is 127. The molecule has 0 aromatic heterocycles. The molecular formula is C15H15IN2O4S. The molecule has 1 amide bonds. The van der Waals surface area contributed by atoms with Gasteiger partial charge in [-0.2, -0.15) is 0 Å². The third kappa shape index (κ3) is 4.14. The minimum Gasteiger partial charge on any atom is -0.496 e. The van der Waals surface area contributed by atoms with Gasteiger partial charge in [0.2, 0.25) is 0 Å². The molecule has 122 valence electrons. The van der Waals surface area contributed by atoms with Gasteiger partial charge in [0, 0.05) is 16.3 Å². The molecule has 0 aliphatic heterocycles. The van der Waals surface area contributed by atoms with Gasteiger partial charge in [-0.1, -0.05) is 0 Å². The molecule has 0 saturated heterocycles. The summed E-state index contributed by atoms with van der Waals surface area (Å²) < 4.78 is 33.5. The Labute approximate surface area is 148 Å². The van der Waals surface area contributed by atoms with E-state index >= 15 is 0 Å². The van der Waals surface area contributed by atoms with Crippen LogP contribution in [0.1, 0.15) is 10.4 Å². The van der Waals surface area contributed by atoms with Gasteiger partial charge in [-0.05, 0) is 65.1 Å². The first kappa shape index (κ1) is 17.5. The van der Waals surface area contributed by atoms with Crippen molar-refractivity contribution in [3.63, 3.8) is 0 Å². The number of rotatable bonds is 5. The van der Waals surface area contributed by atoms with Crippen LogP contribution < -0.4 is 14.8 Å². The third-order valence-corrected chi connectivity index (χ3v) is 5.15. The Balaban J connectivity index is 2.39. The molecule has 23 heavy (non-hydrogen) atoms. The van der Waals surface area contributed by atoms with Crippen LogP contribution >= 0.6 is 22.6 Å². The lowest BCUT2D eigenvalue weighted by Gasteiger charge is -2.12. The van der Waals surface area contributed by atoms with E-state index in [1.807, 2.05) is 0 Å². The summed E-state index contributed by atoms with van der Waals surface area (Å²) in [6.07, 6.45) is 0. The Morgan fingerprint density at radius 2 is 1.78 bits per heavy atom. The average Bonchev–Trinajstić information content (AvgIpc) is 2.55. The zero-order valence-corrected chi connectivity index (χ0v) is 15.4. The van der Waals surface area contributed by atoms with E-state index in [9.17, 15) is 13.2 Å². The number of nitrogens with one attached hydrogen (secondary N) is 2. The molecule has 2 N–H and O–H groups in total. The Morgan fingerprint density at radius 1 is 1.13 bits per heavy atom. The molecule has 6 nitrogen and oxygen atoms in total. The summed E-state index contributed by atoms with van der Waals surface area (Å²) >= 11 is 2.13. The molecule has 0 spiro atoms. The smallest absolute Gasteiger partial charge is 0.261 e. The number of sulfonamides is 1. The SMILES string of the molecule is CNC(=O)c1cc(S(=O)(=O)Nc2ccc(I)cc2)ccc1OC. The maximum Gasteiger partial charge on any atom is 0.261 e. The normalized spacial score (nSPS) is 10.9. The predicted molar refractivity (Wildman–Crippen MR) is 96.4 cm³/mol. The van der Waals surface area contributed by atoms with Gasteiger partial charge in [-0.3, -0.25) is 9.52 Å². The van der Waals surface area contributed by atoms with Gasteiger partial charge in [0.15, 0.2) is 0 Å². The number of hydrogen-bond acceptors (Lipinski definition) is 4. The second-order valence-corrected chi connectivity index (χ2v) is 7.48. The molecule has 0 bridgehead atoms. The lowest BCUT2D eigenvalue weighted by atomic mass is 10.2. The second kappa shape index (κ2) is 7.18. The minimum absolute atomic E-state index is 0.0181. The number of benzene rings is 2. The summed E-state index contributed by atoms with van der Waals surface area (Å²) in [5.41, 5.74) is 0.600. The van der Waals surface area contributed by atoms with Gasteiger partial charge in [-0.15, -0.1) is 0 Å². The van der Waals surface area contributed by atoms with Crippen molar-refractivity contribution in [2.24, 2.45) is 0 Å². The number of ether oxygens (including phenoxy) is 1. The molecule has 0 fully saturated rings. The van der Waals surface area contributed by atoms with Gasteiger partial charge < -0.3 is 10.1 Å². The van der Waals surface area contributed by atoms with Crippen molar-refractivity contribution in [3.05, 3.63) is 51.6 Å². The lowest BCUT2D eigenvalue weighted by Crippen LogP contribution is -2.20. The first-order valence-corrected chi connectivity index (χ1v) is 9.12. The highest BCUT2D eigenvalue weighted by molar-refractivity contribution is 14.1. The highest BCUT2D eigenvalue weighted by Gasteiger charge is 2.19. The fourth-order valence-electron chi connectivity index (χ4n) is 1.90. The molecule has 2 rings (SSSR count). The molecule has 0 radical (unpaired) electrons. The van der Waals surface area contributed by atoms with E-state index in [-0.39, 0.29) is 10.5 Å². The van der Waals surface area contributed by atoms with Crippen molar-refractivity contribution >= 4 is 44.2 Å². The summed E-state index contributed by atoms with van der Waals surface area (Å²) in [5, 5.41) is 2.46. The Kier molecular flexibility index (Phi) is 5.47. The zero-order valence-electron chi connectivity index (χ0n) is 12.5. The standard InChI is InChI=1S/C15H15IN2O4S/c1-17-15(19)13-9-12(7-8-14(13)22-2)23(20,21)18-11-5-3-10(16)4-6-11/h3-9,18H,1-2H3,(H,17,19). The number of anilines is 1. The molecule has 0 saturated carbocycles. The van der Waals surface area contributed by atoms with Gasteiger partial charge in [-0.25, -0.2) is 8.42 Å². The van der Waals surface area contributed by atoms with Crippen LogP contribution in [0.4, 0.5) is 5.69 Å². The van der Waals surface area contributed by atoms with Crippen LogP contribution in [-0.4, -0.2) is 28.5 Å². The number of amides is 1. The van der Waals surface area contributed by atoms with Crippen LogP contribution in [0.3, 0.4) is 0 Å². The van der Waals surface area contributed by atoms with Gasteiger partial charge >= 0.3 is 0 Å². The van der Waals surface area contributed by atoms with Crippen molar-refractivity contribution in [2.75, 3.05) is 18.9 Å². The summed E-state index contributed by atoms with van der Waals surface area (Å²) in [6.45, 7) is 0. The number of hydrogen-bond donors (Lipinski definition) is 2. The Hall–Kier alpha value is -1.81. The number of carbonyl (C=O) groups excluding carboxylic acids is 1. The quantitative estimate of drug-likeness (QED) is 0.692. The molecule has 0 unspecified atom stereocenters. The molecule has 0 heterocycles. The van der Waals surface area contributed by atoms with Crippen molar-refractivity contribution in [1.82, 2.24) is 5.32 Å². The van der Waals surface area contributed by atoms with E-state index in [1.165, 1.54) is 32.4 Å². The van der Waals surface area contributed by atoms with Crippen LogP contribution in [0, 0.1) is 3.57 Å². The topological polar surface area (TPSA) is 84.5 Å². The maximum atomic E-state index is 12.5. The second-order valence-electron chi connectivity index (χ2n) is 4.55. The average molecular weight is 446 g/mol. The van der Waals surface area contributed by atoms with Crippen molar-refractivity contribution in [1.29, 1.82) is 0 Å². The summed E-state index contributed by atoms with van der Waals surface area (Å²) in [7, 11) is -0.922. The van der Waals surface area contributed by atoms with E-state index in [2.05, 4.69) is 32.6 Å². The first-order valence-electron chi connectivity index (χ1n) is 6.56. The first-order chi connectivity index (χ1) is 10.9. The Bertz CT molecular complexity index is 820. The molecule has 0 aliphatic carbocycles. The van der Waals surface area contributed by atoms with Crippen LogP contribution in [0.2, 0.25) is 0 Å². The van der Waals surface area contributed by atoms with E-state index in [0.29, 0.717) is 11.4 Å². The molecule has 0 atom stereocenters. The lowest BCUT2D eigenvalue weighted by molar-refractivity contribution is 0.0960. The van der Waals surface area contributed by atoms with E-state index < -0.39 is 15.9 Å². The van der Waals surface area contributed by atoms with Crippen LogP contribution in [0.25, 0.3) is 0 Å². The van der Waals surface area contributed by atoms with Gasteiger partial charge in [0.25, 0.3) is 15.9 Å². The van der Waals surface area contributed by atoms with Crippen molar-refractivity contribution < 1.29 is 17.9 Å². The van der Waals surface area contributed by atoms with Crippen LogP contribution in [0.5, 0.6) is 5.75 Å². The molecular weight excluding hydrogens is 431 g/mol. The summed E-state index contributed by atoms with van der Waals surface area (Å²) in [6, 6.07) is 11.1. The van der Waals surface area contributed by atoms with E-state index in [1.54, 1.807) is 24.3 Å². The fraction of sp³-hybridized carbons (Fsp3) is 0.133. The largest absolute Gasteiger partial charge is 0.496 e. The van der Waals surface area contributed by atoms with Gasteiger partial charge in [0.1, 0.15) is 5.75 Å². The third-order valence-electron chi connectivity index (χ3n) is 3.05. The van der Waals surface area contributed by atoms with Gasteiger partial charge in [0.05, 0.1) is 17.6 Å². The fourth-order valence-corrected chi connectivity index (χ4v) is 3.34. The predicted octanol–water partition coefficient (Wildman–Crippen LogP) is 2.46. The minimum atomic E-state index is -3.80. The number of methoxy groups -OCH3 is 1. The van der Waals surface area contributed by atoms with Crippen LogP contribution in [0.15, 0.2) is 47.4 Å². The van der Waals surface area contributed by atoms with E-state index in [0.717, 1.165) is 3.57 Å².